The second kappa shape index (κ2) is 5.59. The molecule has 2 aliphatic rings. The van der Waals surface area contributed by atoms with E-state index >= 15 is 0 Å². The van der Waals surface area contributed by atoms with Gasteiger partial charge in [0.1, 0.15) is 6.10 Å². The second-order valence-corrected chi connectivity index (χ2v) is 7.68. The highest BCUT2D eigenvalue weighted by molar-refractivity contribution is 14.1. The normalized spacial score (nSPS) is 26.0. The smallest absolute Gasteiger partial charge is 0.337 e. The molecule has 0 saturated carbocycles. The number of halogens is 1. The number of amides is 1. The molecular formula is C17H14INO3S. The Morgan fingerprint density at radius 2 is 2.09 bits per heavy atom. The number of carbonyl (C=O) groups is 2. The van der Waals surface area contributed by atoms with Gasteiger partial charge in [-0.15, -0.1) is 11.3 Å². The summed E-state index contributed by atoms with van der Waals surface area (Å²) in [6.45, 7) is 0.439. The van der Waals surface area contributed by atoms with Gasteiger partial charge in [0.05, 0.1) is 6.54 Å². The zero-order chi connectivity index (χ0) is 16.0. The molecule has 23 heavy (non-hydrogen) atoms. The van der Waals surface area contributed by atoms with E-state index < -0.39 is 5.54 Å². The van der Waals surface area contributed by atoms with Crippen molar-refractivity contribution in [3.05, 3.63) is 57.8 Å². The lowest BCUT2D eigenvalue weighted by atomic mass is 9.86. The lowest BCUT2D eigenvalue weighted by molar-refractivity contribution is -0.149. The first kappa shape index (κ1) is 15.1. The first-order chi connectivity index (χ1) is 11.2. The van der Waals surface area contributed by atoms with Gasteiger partial charge in [-0.1, -0.05) is 46.9 Å². The minimum absolute atomic E-state index is 0.0833. The number of hydrogen-bond acceptors (Lipinski definition) is 4. The minimum Gasteiger partial charge on any atom is -0.459 e. The maximum absolute atomic E-state index is 12.9. The molecule has 1 aromatic heterocycles. The Morgan fingerprint density at radius 3 is 2.78 bits per heavy atom. The highest BCUT2D eigenvalue weighted by Gasteiger charge is 2.60. The van der Waals surface area contributed by atoms with Crippen molar-refractivity contribution >= 4 is 45.8 Å². The van der Waals surface area contributed by atoms with Gasteiger partial charge in [0.15, 0.2) is 5.54 Å². The Balaban J connectivity index is 1.84. The number of hydrogen-bond donors (Lipinski definition) is 0. The summed E-state index contributed by atoms with van der Waals surface area (Å²) in [5, 5.41) is 1.98. The van der Waals surface area contributed by atoms with Crippen LogP contribution in [0.25, 0.3) is 0 Å². The summed E-state index contributed by atoms with van der Waals surface area (Å²) >= 11 is 3.82. The third-order valence-corrected chi connectivity index (χ3v) is 6.35. The molecule has 4 rings (SSSR count). The van der Waals surface area contributed by atoms with Crippen LogP contribution in [-0.4, -0.2) is 27.3 Å². The minimum atomic E-state index is -0.965. The summed E-state index contributed by atoms with van der Waals surface area (Å²) < 4.78 is 6.30. The van der Waals surface area contributed by atoms with Crippen LogP contribution < -0.4 is 0 Å². The van der Waals surface area contributed by atoms with Gasteiger partial charge in [0, 0.05) is 26.9 Å². The van der Waals surface area contributed by atoms with Crippen molar-refractivity contribution in [3.63, 3.8) is 0 Å². The van der Waals surface area contributed by atoms with Crippen LogP contribution in [0.4, 0.5) is 0 Å². The van der Waals surface area contributed by atoms with Crippen LogP contribution in [0.3, 0.4) is 0 Å². The third kappa shape index (κ3) is 2.15. The molecular weight excluding hydrogens is 425 g/mol. The van der Waals surface area contributed by atoms with E-state index in [-0.39, 0.29) is 18.0 Å². The van der Waals surface area contributed by atoms with E-state index in [0.717, 1.165) is 14.9 Å². The molecule has 1 amide bonds. The van der Waals surface area contributed by atoms with Gasteiger partial charge in [-0.3, -0.25) is 4.79 Å². The Morgan fingerprint density at radius 1 is 1.26 bits per heavy atom. The van der Waals surface area contributed by atoms with Crippen molar-refractivity contribution in [2.24, 2.45) is 0 Å². The molecule has 2 aliphatic heterocycles. The zero-order valence-electron chi connectivity index (χ0n) is 12.2. The zero-order valence-corrected chi connectivity index (χ0v) is 15.2. The molecule has 2 aromatic rings. The van der Waals surface area contributed by atoms with Crippen LogP contribution >= 0.6 is 33.9 Å². The van der Waals surface area contributed by atoms with Crippen molar-refractivity contribution in [1.82, 2.24) is 4.90 Å². The molecule has 1 aromatic carbocycles. The molecule has 0 N–H and O–H groups in total. The molecule has 6 heteroatoms. The van der Waals surface area contributed by atoms with E-state index in [2.05, 4.69) is 22.6 Å². The fourth-order valence-corrected chi connectivity index (χ4v) is 4.67. The Bertz CT molecular complexity index is 776. The number of nitrogens with zero attached hydrogens (tertiary/aromatic N) is 1. The number of thiophene rings is 1. The molecule has 0 bridgehead atoms. The van der Waals surface area contributed by atoms with Gasteiger partial charge in [0.25, 0.3) is 5.91 Å². The number of rotatable bonds is 3. The van der Waals surface area contributed by atoms with E-state index in [4.69, 9.17) is 4.74 Å². The molecule has 0 radical (unpaired) electrons. The molecule has 3 heterocycles. The van der Waals surface area contributed by atoms with Gasteiger partial charge in [0.2, 0.25) is 0 Å². The molecule has 1 spiro atoms. The Hall–Kier alpha value is -1.41. The van der Waals surface area contributed by atoms with E-state index in [1.54, 1.807) is 22.3 Å². The lowest BCUT2D eigenvalue weighted by Crippen LogP contribution is -2.46. The third-order valence-electron chi connectivity index (χ3n) is 4.51. The van der Waals surface area contributed by atoms with Gasteiger partial charge in [-0.05, 0) is 17.5 Å². The molecule has 0 aliphatic carbocycles. The van der Waals surface area contributed by atoms with Crippen LogP contribution in [0.2, 0.25) is 0 Å². The summed E-state index contributed by atoms with van der Waals surface area (Å²) in [4.78, 5) is 28.5. The summed E-state index contributed by atoms with van der Waals surface area (Å²) in [6.07, 6.45) is 0.385. The fraction of sp³-hybridized carbons (Fsp3) is 0.294. The highest BCUT2D eigenvalue weighted by atomic mass is 127. The number of ether oxygens (including phenoxy) is 1. The van der Waals surface area contributed by atoms with Crippen LogP contribution in [0.5, 0.6) is 0 Å². The standard InChI is InChI=1S/C17H14INO3S/c18-9-11-8-17(16(21)22-11)14-6-2-1-5-13(14)15(20)19(17)10-12-4-3-7-23-12/h1-7,11H,8-10H2. The van der Waals surface area contributed by atoms with Gasteiger partial charge in [-0.2, -0.15) is 0 Å². The number of alkyl halides is 1. The largest absolute Gasteiger partial charge is 0.459 e. The van der Waals surface area contributed by atoms with Gasteiger partial charge < -0.3 is 9.64 Å². The van der Waals surface area contributed by atoms with Crippen molar-refractivity contribution in [3.8, 4) is 0 Å². The van der Waals surface area contributed by atoms with Gasteiger partial charge in [-0.25, -0.2) is 4.79 Å². The maximum atomic E-state index is 12.9. The maximum Gasteiger partial charge on any atom is 0.337 e. The van der Waals surface area contributed by atoms with Gasteiger partial charge >= 0.3 is 5.97 Å². The van der Waals surface area contributed by atoms with E-state index in [1.165, 1.54) is 0 Å². The average Bonchev–Trinajstić information content (AvgIpc) is 3.24. The highest BCUT2D eigenvalue weighted by Crippen LogP contribution is 2.48. The first-order valence-electron chi connectivity index (χ1n) is 7.37. The molecule has 2 atom stereocenters. The molecule has 118 valence electrons. The van der Waals surface area contributed by atoms with Crippen molar-refractivity contribution in [2.75, 3.05) is 4.43 Å². The molecule has 1 fully saturated rings. The van der Waals surface area contributed by atoms with Crippen LogP contribution in [0.15, 0.2) is 41.8 Å². The first-order valence-corrected chi connectivity index (χ1v) is 9.78. The monoisotopic (exact) mass is 439 g/mol. The average molecular weight is 439 g/mol. The SMILES string of the molecule is O=C1c2ccccc2C2(CC(CI)OC2=O)N1Cc1cccs1. The number of fused-ring (bicyclic) bond motifs is 2. The van der Waals surface area contributed by atoms with Crippen molar-refractivity contribution in [2.45, 2.75) is 24.6 Å². The number of benzene rings is 1. The van der Waals surface area contributed by atoms with E-state index in [9.17, 15) is 9.59 Å². The molecule has 2 unspecified atom stereocenters. The van der Waals surface area contributed by atoms with E-state index in [1.807, 2.05) is 35.7 Å². The topological polar surface area (TPSA) is 46.6 Å². The lowest BCUT2D eigenvalue weighted by Gasteiger charge is -2.31. The molecule has 4 nitrogen and oxygen atoms in total. The summed E-state index contributed by atoms with van der Waals surface area (Å²) in [6, 6.07) is 11.4. The van der Waals surface area contributed by atoms with E-state index in [0.29, 0.717) is 18.5 Å². The number of carbonyl (C=O) groups excluding carboxylic acids is 2. The number of esters is 1. The van der Waals surface area contributed by atoms with Crippen molar-refractivity contribution < 1.29 is 14.3 Å². The number of cyclic esters (lactones) is 1. The van der Waals surface area contributed by atoms with Crippen LogP contribution in [0, 0.1) is 0 Å². The summed E-state index contributed by atoms with van der Waals surface area (Å²) in [7, 11) is 0. The summed E-state index contributed by atoms with van der Waals surface area (Å²) in [5.74, 6) is -0.380. The predicted molar refractivity (Wildman–Crippen MR) is 95.7 cm³/mol. The van der Waals surface area contributed by atoms with Crippen LogP contribution in [-0.2, 0) is 21.6 Å². The van der Waals surface area contributed by atoms with Crippen LogP contribution in [0.1, 0.15) is 27.2 Å². The fourth-order valence-electron chi connectivity index (χ4n) is 3.49. The predicted octanol–water partition coefficient (Wildman–Crippen LogP) is 3.35. The quantitative estimate of drug-likeness (QED) is 0.419. The Kier molecular flexibility index (Phi) is 3.68. The second-order valence-electron chi connectivity index (χ2n) is 5.76. The Labute approximate surface area is 151 Å². The summed E-state index contributed by atoms with van der Waals surface area (Å²) in [5.41, 5.74) is 0.446. The molecule has 1 saturated heterocycles. The van der Waals surface area contributed by atoms with Crippen molar-refractivity contribution in [1.29, 1.82) is 0 Å².